The Balaban J connectivity index is 1.92. The molecule has 0 spiro atoms. The number of piperidine rings is 1. The summed E-state index contributed by atoms with van der Waals surface area (Å²) in [5.74, 6) is -0.750. The average molecular weight is 325 g/mol. The lowest BCUT2D eigenvalue weighted by atomic mass is 10.0. The fraction of sp³-hybridized carbons (Fsp3) is 0.562. The summed E-state index contributed by atoms with van der Waals surface area (Å²) in [6, 6.07) is 6.38. The largest absolute Gasteiger partial charge is 0.480 e. The fourth-order valence-corrected chi connectivity index (χ4v) is 4.16. The normalized spacial score (nSPS) is 20.0. The van der Waals surface area contributed by atoms with Crippen molar-refractivity contribution in [2.45, 2.75) is 43.5 Å². The highest BCUT2D eigenvalue weighted by Crippen LogP contribution is 2.18. The Morgan fingerprint density at radius 2 is 1.95 bits per heavy atom. The van der Waals surface area contributed by atoms with Gasteiger partial charge in [-0.15, -0.1) is 0 Å². The van der Waals surface area contributed by atoms with Gasteiger partial charge in [0.2, 0.25) is 0 Å². The van der Waals surface area contributed by atoms with Crippen molar-refractivity contribution in [2.24, 2.45) is 0 Å². The summed E-state index contributed by atoms with van der Waals surface area (Å²) in [6.45, 7) is 3.17. The molecule has 0 bridgehead atoms. The van der Waals surface area contributed by atoms with Crippen LogP contribution in [0.15, 0.2) is 29.2 Å². The molecule has 1 aromatic carbocycles. The van der Waals surface area contributed by atoms with Crippen molar-refractivity contribution >= 4 is 15.8 Å². The van der Waals surface area contributed by atoms with Crippen LogP contribution in [0.1, 0.15) is 31.2 Å². The molecule has 0 saturated carbocycles. The highest BCUT2D eigenvalue weighted by atomic mass is 32.2. The highest BCUT2D eigenvalue weighted by Gasteiger charge is 2.28. The van der Waals surface area contributed by atoms with Gasteiger partial charge < -0.3 is 5.11 Å². The van der Waals surface area contributed by atoms with Gasteiger partial charge >= 0.3 is 5.97 Å². The van der Waals surface area contributed by atoms with Crippen molar-refractivity contribution in [3.63, 3.8) is 0 Å². The quantitative estimate of drug-likeness (QED) is 0.867. The number of likely N-dealkylation sites (tertiary alicyclic amines) is 1. The molecule has 5 nitrogen and oxygen atoms in total. The molecule has 0 radical (unpaired) electrons. The van der Waals surface area contributed by atoms with Crippen molar-refractivity contribution in [2.75, 3.05) is 18.8 Å². The molecule has 1 aliphatic rings. The number of aliphatic carboxylic acids is 1. The van der Waals surface area contributed by atoms with Crippen LogP contribution in [0.4, 0.5) is 0 Å². The summed E-state index contributed by atoms with van der Waals surface area (Å²) in [6.07, 6.45) is 3.02. The first-order valence-corrected chi connectivity index (χ1v) is 9.32. The Morgan fingerprint density at radius 1 is 1.27 bits per heavy atom. The van der Waals surface area contributed by atoms with Gasteiger partial charge in [-0.2, -0.15) is 0 Å². The van der Waals surface area contributed by atoms with E-state index in [1.54, 1.807) is 24.3 Å². The monoisotopic (exact) mass is 325 g/mol. The van der Waals surface area contributed by atoms with Crippen molar-refractivity contribution < 1.29 is 18.3 Å². The van der Waals surface area contributed by atoms with Gasteiger partial charge in [-0.3, -0.25) is 9.69 Å². The van der Waals surface area contributed by atoms with E-state index in [0.29, 0.717) is 24.3 Å². The summed E-state index contributed by atoms with van der Waals surface area (Å²) < 4.78 is 24.5. The molecule has 1 N–H and O–H groups in total. The minimum absolute atomic E-state index is 0.0545. The number of benzene rings is 1. The van der Waals surface area contributed by atoms with E-state index in [1.807, 2.05) is 11.8 Å². The molecule has 1 saturated heterocycles. The lowest BCUT2D eigenvalue weighted by molar-refractivity contribution is -0.144. The van der Waals surface area contributed by atoms with E-state index in [4.69, 9.17) is 0 Å². The summed E-state index contributed by atoms with van der Waals surface area (Å²) in [4.78, 5) is 13.5. The molecule has 1 heterocycles. The van der Waals surface area contributed by atoms with E-state index < -0.39 is 21.8 Å². The molecule has 22 heavy (non-hydrogen) atoms. The molecule has 2 rings (SSSR count). The molecule has 122 valence electrons. The minimum Gasteiger partial charge on any atom is -0.480 e. The van der Waals surface area contributed by atoms with Crippen LogP contribution in [0, 0.1) is 6.92 Å². The van der Waals surface area contributed by atoms with Gasteiger partial charge in [0, 0.05) is 0 Å². The Morgan fingerprint density at radius 3 is 2.59 bits per heavy atom. The summed E-state index contributed by atoms with van der Waals surface area (Å²) in [7, 11) is -3.29. The third kappa shape index (κ3) is 4.30. The van der Waals surface area contributed by atoms with E-state index in [2.05, 4.69) is 0 Å². The second-order valence-corrected chi connectivity index (χ2v) is 7.98. The number of carboxylic acids is 1. The molecule has 1 fully saturated rings. The van der Waals surface area contributed by atoms with Crippen molar-refractivity contribution in [1.29, 1.82) is 0 Å². The predicted octanol–water partition coefficient (Wildman–Crippen LogP) is 2.10. The maximum Gasteiger partial charge on any atom is 0.320 e. The Hall–Kier alpha value is -1.40. The van der Waals surface area contributed by atoms with Crippen LogP contribution in [0.3, 0.4) is 0 Å². The summed E-state index contributed by atoms with van der Waals surface area (Å²) in [5, 5.41) is 9.21. The van der Waals surface area contributed by atoms with Crippen LogP contribution >= 0.6 is 0 Å². The third-order valence-corrected chi connectivity index (χ3v) is 5.95. The van der Waals surface area contributed by atoms with Gasteiger partial charge in [0.1, 0.15) is 6.04 Å². The number of sulfone groups is 1. The first-order valence-electron chi connectivity index (χ1n) is 7.66. The maximum absolute atomic E-state index is 12.3. The number of hydrogen-bond acceptors (Lipinski definition) is 4. The Bertz CT molecular complexity index is 610. The van der Waals surface area contributed by atoms with Crippen LogP contribution in [-0.2, 0) is 14.6 Å². The van der Waals surface area contributed by atoms with E-state index in [-0.39, 0.29) is 5.75 Å². The second-order valence-electron chi connectivity index (χ2n) is 5.87. The van der Waals surface area contributed by atoms with Gasteiger partial charge in [0.15, 0.2) is 9.84 Å². The van der Waals surface area contributed by atoms with Gasteiger partial charge in [-0.05, 0) is 51.4 Å². The highest BCUT2D eigenvalue weighted by molar-refractivity contribution is 7.91. The number of aryl methyl sites for hydroxylation is 1. The average Bonchev–Trinajstić information content (AvgIpc) is 2.48. The van der Waals surface area contributed by atoms with E-state index in [0.717, 1.165) is 24.9 Å². The molecule has 6 heteroatoms. The van der Waals surface area contributed by atoms with Crippen molar-refractivity contribution in [3.05, 3.63) is 29.8 Å². The molecule has 1 aliphatic heterocycles. The van der Waals surface area contributed by atoms with Crippen LogP contribution in [-0.4, -0.2) is 49.3 Å². The number of carboxylic acid groups (broad SMARTS) is 1. The number of hydrogen-bond donors (Lipinski definition) is 1. The van der Waals surface area contributed by atoms with Crippen LogP contribution < -0.4 is 0 Å². The van der Waals surface area contributed by atoms with Gasteiger partial charge in [-0.25, -0.2) is 8.42 Å². The van der Waals surface area contributed by atoms with Crippen LogP contribution in [0.2, 0.25) is 0 Å². The van der Waals surface area contributed by atoms with Gasteiger partial charge in [0.05, 0.1) is 10.6 Å². The van der Waals surface area contributed by atoms with Crippen LogP contribution in [0.5, 0.6) is 0 Å². The number of nitrogens with zero attached hydrogens (tertiary/aromatic N) is 1. The topological polar surface area (TPSA) is 74.7 Å². The maximum atomic E-state index is 12.3. The zero-order valence-corrected chi connectivity index (χ0v) is 13.7. The lowest BCUT2D eigenvalue weighted by Gasteiger charge is -2.32. The van der Waals surface area contributed by atoms with E-state index in [1.165, 1.54) is 0 Å². The molecular weight excluding hydrogens is 302 g/mol. The Kier molecular flexibility index (Phi) is 5.58. The Labute approximate surface area is 131 Å². The molecule has 0 aromatic heterocycles. The van der Waals surface area contributed by atoms with Gasteiger partial charge in [-0.1, -0.05) is 24.1 Å². The molecule has 0 amide bonds. The van der Waals surface area contributed by atoms with Gasteiger partial charge in [0.25, 0.3) is 0 Å². The molecule has 1 atom stereocenters. The van der Waals surface area contributed by atoms with Crippen LogP contribution in [0.25, 0.3) is 0 Å². The number of rotatable bonds is 6. The zero-order chi connectivity index (χ0) is 16.2. The fourth-order valence-electron chi connectivity index (χ4n) is 2.86. The summed E-state index contributed by atoms with van der Waals surface area (Å²) in [5.41, 5.74) is 1.02. The zero-order valence-electron chi connectivity index (χ0n) is 12.9. The molecule has 0 aliphatic carbocycles. The first kappa shape index (κ1) is 17.0. The SMILES string of the molecule is Cc1ccc(S(=O)(=O)CCCN2CCCCC2C(=O)O)cc1. The van der Waals surface area contributed by atoms with Crippen molar-refractivity contribution in [3.8, 4) is 0 Å². The lowest BCUT2D eigenvalue weighted by Crippen LogP contribution is -2.45. The van der Waals surface area contributed by atoms with E-state index in [9.17, 15) is 18.3 Å². The number of carbonyl (C=O) groups is 1. The smallest absolute Gasteiger partial charge is 0.320 e. The molecule has 1 aromatic rings. The first-order chi connectivity index (χ1) is 10.4. The standard InChI is InChI=1S/C16H23NO4S/c1-13-6-8-14(9-7-13)22(20,21)12-4-11-17-10-3-2-5-15(17)16(18)19/h6-9,15H,2-5,10-12H2,1H3,(H,18,19). The molecule has 1 unspecified atom stereocenters. The minimum atomic E-state index is -3.29. The second kappa shape index (κ2) is 7.24. The van der Waals surface area contributed by atoms with Crippen molar-refractivity contribution in [1.82, 2.24) is 4.90 Å². The third-order valence-electron chi connectivity index (χ3n) is 4.14. The molecular formula is C16H23NO4S. The summed E-state index contributed by atoms with van der Waals surface area (Å²) >= 11 is 0. The van der Waals surface area contributed by atoms with E-state index >= 15 is 0 Å². The predicted molar refractivity (Wildman–Crippen MR) is 84.7 cm³/mol.